The van der Waals surface area contributed by atoms with E-state index in [9.17, 15) is 5.11 Å². The number of aliphatic hydroxyl groups is 1. The molecule has 0 amide bonds. The minimum atomic E-state index is -0.457. The number of hydrogen-bond acceptors (Lipinski definition) is 4. The molecule has 1 N–H and O–H groups in total. The quantitative estimate of drug-likeness (QED) is 0.867. The highest BCUT2D eigenvalue weighted by Crippen LogP contribution is 2.18. The molecule has 0 aliphatic rings. The molecule has 1 unspecified atom stereocenters. The van der Waals surface area contributed by atoms with Crippen molar-refractivity contribution >= 4 is 0 Å². The first kappa shape index (κ1) is 13.5. The number of benzene rings is 1. The summed E-state index contributed by atoms with van der Waals surface area (Å²) in [6.45, 7) is 5.08. The van der Waals surface area contributed by atoms with Gasteiger partial charge in [-0.2, -0.15) is 5.10 Å². The maximum Gasteiger partial charge on any atom is 0.164 e. The lowest BCUT2D eigenvalue weighted by Crippen LogP contribution is -2.08. The molecule has 0 aliphatic heterocycles. The first-order chi connectivity index (χ1) is 9.20. The number of rotatable bonds is 6. The molecule has 1 atom stereocenters. The van der Waals surface area contributed by atoms with Gasteiger partial charge in [0.1, 0.15) is 18.7 Å². The van der Waals surface area contributed by atoms with Crippen LogP contribution in [0.4, 0.5) is 0 Å². The van der Waals surface area contributed by atoms with Crippen molar-refractivity contribution in [3.05, 3.63) is 42.0 Å². The summed E-state index contributed by atoms with van der Waals surface area (Å²) in [5.74, 6) is 1.58. The maximum absolute atomic E-state index is 9.43. The average Bonchev–Trinajstić information content (AvgIpc) is 2.85. The molecule has 102 valence electrons. The largest absolute Gasteiger partial charge is 0.486 e. The molecule has 0 radical (unpaired) electrons. The van der Waals surface area contributed by atoms with Crippen LogP contribution in [0.3, 0.4) is 0 Å². The summed E-state index contributed by atoms with van der Waals surface area (Å²) in [5, 5.41) is 13.6. The molecule has 2 rings (SSSR count). The third kappa shape index (κ3) is 3.54. The topological polar surface area (TPSA) is 60.2 Å². The zero-order valence-electron chi connectivity index (χ0n) is 11.3. The number of aryl methyl sites for hydroxylation is 1. The van der Waals surface area contributed by atoms with Crippen molar-refractivity contribution in [2.45, 2.75) is 39.5 Å². The van der Waals surface area contributed by atoms with Crippen LogP contribution in [0.15, 0.2) is 30.6 Å². The number of hydrogen-bond donors (Lipinski definition) is 1. The second-order valence-corrected chi connectivity index (χ2v) is 4.43. The second-order valence-electron chi connectivity index (χ2n) is 4.43. The van der Waals surface area contributed by atoms with Crippen molar-refractivity contribution in [1.29, 1.82) is 0 Å². The van der Waals surface area contributed by atoms with Gasteiger partial charge in [0.15, 0.2) is 5.82 Å². The monoisotopic (exact) mass is 261 g/mol. The molecule has 5 nitrogen and oxygen atoms in total. The SMILES string of the molecule is CCCn1ncnc1COc1ccc(C(C)O)cc1. The third-order valence-corrected chi connectivity index (χ3v) is 2.86. The Hall–Kier alpha value is -1.88. The minimum Gasteiger partial charge on any atom is -0.486 e. The molecule has 19 heavy (non-hydrogen) atoms. The normalized spacial score (nSPS) is 12.4. The van der Waals surface area contributed by atoms with Crippen LogP contribution in [0.1, 0.15) is 37.8 Å². The smallest absolute Gasteiger partial charge is 0.164 e. The van der Waals surface area contributed by atoms with Crippen molar-refractivity contribution in [2.24, 2.45) is 0 Å². The highest BCUT2D eigenvalue weighted by molar-refractivity contribution is 5.28. The Morgan fingerprint density at radius 3 is 2.68 bits per heavy atom. The summed E-state index contributed by atoms with van der Waals surface area (Å²) in [4.78, 5) is 4.18. The van der Waals surface area contributed by atoms with Crippen molar-refractivity contribution in [3.8, 4) is 5.75 Å². The summed E-state index contributed by atoms with van der Waals surface area (Å²) in [5.41, 5.74) is 0.876. The summed E-state index contributed by atoms with van der Waals surface area (Å²) >= 11 is 0. The van der Waals surface area contributed by atoms with E-state index in [2.05, 4.69) is 17.0 Å². The van der Waals surface area contributed by atoms with E-state index < -0.39 is 6.10 Å². The Morgan fingerprint density at radius 2 is 2.05 bits per heavy atom. The Balaban J connectivity index is 1.96. The highest BCUT2D eigenvalue weighted by atomic mass is 16.5. The van der Waals surface area contributed by atoms with E-state index in [1.54, 1.807) is 13.3 Å². The van der Waals surface area contributed by atoms with E-state index in [1.165, 1.54) is 0 Å². The van der Waals surface area contributed by atoms with Gasteiger partial charge in [-0.05, 0) is 31.0 Å². The molecular formula is C14H19N3O2. The van der Waals surface area contributed by atoms with Gasteiger partial charge in [-0.25, -0.2) is 9.67 Å². The van der Waals surface area contributed by atoms with E-state index in [4.69, 9.17) is 4.74 Å². The van der Waals surface area contributed by atoms with Crippen LogP contribution in [0, 0.1) is 0 Å². The van der Waals surface area contributed by atoms with Gasteiger partial charge in [0.25, 0.3) is 0 Å². The molecule has 0 aliphatic carbocycles. The highest BCUT2D eigenvalue weighted by Gasteiger charge is 2.05. The summed E-state index contributed by atoms with van der Waals surface area (Å²) in [6.07, 6.45) is 2.10. The Kier molecular flexibility index (Phi) is 4.52. The molecule has 2 aromatic rings. The van der Waals surface area contributed by atoms with Crippen molar-refractivity contribution in [2.75, 3.05) is 0 Å². The molecule has 0 fully saturated rings. The van der Waals surface area contributed by atoms with E-state index in [1.807, 2.05) is 28.9 Å². The standard InChI is InChI=1S/C14H19N3O2/c1-3-8-17-14(15-10-16-17)9-19-13-6-4-12(5-7-13)11(2)18/h4-7,10-11,18H,3,8-9H2,1-2H3. The van der Waals surface area contributed by atoms with Crippen LogP contribution in [0.2, 0.25) is 0 Å². The summed E-state index contributed by atoms with van der Waals surface area (Å²) in [7, 11) is 0. The Morgan fingerprint density at radius 1 is 1.32 bits per heavy atom. The van der Waals surface area contributed by atoms with Crippen LogP contribution >= 0.6 is 0 Å². The Bertz CT molecular complexity index is 506. The molecule has 1 heterocycles. The molecule has 5 heteroatoms. The minimum absolute atomic E-state index is 0.397. The van der Waals surface area contributed by atoms with Gasteiger partial charge < -0.3 is 9.84 Å². The van der Waals surface area contributed by atoms with Crippen molar-refractivity contribution < 1.29 is 9.84 Å². The number of ether oxygens (including phenoxy) is 1. The van der Waals surface area contributed by atoms with E-state index >= 15 is 0 Å². The first-order valence-corrected chi connectivity index (χ1v) is 6.48. The van der Waals surface area contributed by atoms with Gasteiger partial charge in [0, 0.05) is 6.54 Å². The predicted octanol–water partition coefficient (Wildman–Crippen LogP) is 2.32. The van der Waals surface area contributed by atoms with Crippen LogP contribution in [-0.2, 0) is 13.2 Å². The number of aromatic nitrogens is 3. The van der Waals surface area contributed by atoms with Gasteiger partial charge in [0.05, 0.1) is 6.10 Å². The maximum atomic E-state index is 9.43. The zero-order chi connectivity index (χ0) is 13.7. The molecular weight excluding hydrogens is 242 g/mol. The lowest BCUT2D eigenvalue weighted by molar-refractivity contribution is 0.199. The predicted molar refractivity (Wildman–Crippen MR) is 71.7 cm³/mol. The van der Waals surface area contributed by atoms with Gasteiger partial charge in [-0.3, -0.25) is 0 Å². The summed E-state index contributed by atoms with van der Waals surface area (Å²) < 4.78 is 7.52. The van der Waals surface area contributed by atoms with E-state index in [0.29, 0.717) is 6.61 Å². The Labute approximate surface area is 112 Å². The second kappa shape index (κ2) is 6.33. The molecule has 0 saturated carbocycles. The molecule has 0 bridgehead atoms. The van der Waals surface area contributed by atoms with Crippen molar-refractivity contribution in [1.82, 2.24) is 14.8 Å². The van der Waals surface area contributed by atoms with Crippen LogP contribution in [-0.4, -0.2) is 19.9 Å². The lowest BCUT2D eigenvalue weighted by atomic mass is 10.1. The van der Waals surface area contributed by atoms with Crippen LogP contribution < -0.4 is 4.74 Å². The van der Waals surface area contributed by atoms with Gasteiger partial charge in [-0.1, -0.05) is 19.1 Å². The summed E-state index contributed by atoms with van der Waals surface area (Å²) in [6, 6.07) is 7.42. The molecule has 0 spiro atoms. The fourth-order valence-electron chi connectivity index (χ4n) is 1.79. The first-order valence-electron chi connectivity index (χ1n) is 6.48. The van der Waals surface area contributed by atoms with E-state index in [-0.39, 0.29) is 0 Å². The molecule has 1 aromatic carbocycles. The molecule has 1 aromatic heterocycles. The average molecular weight is 261 g/mol. The van der Waals surface area contributed by atoms with Gasteiger partial charge in [-0.15, -0.1) is 0 Å². The zero-order valence-corrected chi connectivity index (χ0v) is 11.3. The van der Waals surface area contributed by atoms with Gasteiger partial charge >= 0.3 is 0 Å². The third-order valence-electron chi connectivity index (χ3n) is 2.86. The fraction of sp³-hybridized carbons (Fsp3) is 0.429. The van der Waals surface area contributed by atoms with Crippen LogP contribution in [0.25, 0.3) is 0 Å². The molecule has 0 saturated heterocycles. The van der Waals surface area contributed by atoms with Crippen LogP contribution in [0.5, 0.6) is 5.75 Å². The lowest BCUT2D eigenvalue weighted by Gasteiger charge is -2.09. The number of nitrogens with zero attached hydrogens (tertiary/aromatic N) is 3. The van der Waals surface area contributed by atoms with Crippen molar-refractivity contribution in [3.63, 3.8) is 0 Å². The number of aliphatic hydroxyl groups excluding tert-OH is 1. The van der Waals surface area contributed by atoms with E-state index in [0.717, 1.165) is 30.1 Å². The van der Waals surface area contributed by atoms with Gasteiger partial charge in [0.2, 0.25) is 0 Å². The fourth-order valence-corrected chi connectivity index (χ4v) is 1.79.